The zero-order chi connectivity index (χ0) is 14.5. The van der Waals surface area contributed by atoms with Gasteiger partial charge in [-0.15, -0.1) is 0 Å². The smallest absolute Gasteiger partial charge is 0.128 e. The molecule has 0 saturated heterocycles. The van der Waals surface area contributed by atoms with Gasteiger partial charge in [0.15, 0.2) is 0 Å². The molecule has 0 aliphatic rings. The molecule has 0 aliphatic heterocycles. The lowest BCUT2D eigenvalue weighted by Gasteiger charge is -2.16. The normalized spacial score (nSPS) is 12.0. The summed E-state index contributed by atoms with van der Waals surface area (Å²) < 4.78 is 23.5. The van der Waals surface area contributed by atoms with Gasteiger partial charge in [-0.05, 0) is 29.8 Å². The molecule has 0 bridgehead atoms. The van der Waals surface area contributed by atoms with Crippen molar-refractivity contribution in [1.82, 2.24) is 0 Å². The minimum Gasteiger partial charge on any atom is -0.497 e. The van der Waals surface area contributed by atoms with Crippen molar-refractivity contribution in [2.24, 2.45) is 0 Å². The Morgan fingerprint density at radius 3 is 2.55 bits per heavy atom. The van der Waals surface area contributed by atoms with Gasteiger partial charge in [-0.1, -0.05) is 12.1 Å². The molecule has 0 aliphatic carbocycles. The highest BCUT2D eigenvalue weighted by atomic mass is 19.1. The maximum atomic E-state index is 13.1. The zero-order valence-corrected chi connectivity index (χ0v) is 11.5. The van der Waals surface area contributed by atoms with Crippen LogP contribution in [0.5, 0.6) is 11.5 Å². The lowest BCUT2D eigenvalue weighted by molar-refractivity contribution is 0.174. The van der Waals surface area contributed by atoms with Crippen LogP contribution in [0, 0.1) is 5.82 Å². The molecular weight excluding hydrogens is 259 g/mol. The zero-order valence-electron chi connectivity index (χ0n) is 11.5. The SMILES string of the molecule is COc1ccc(C(O)Cc2cccc(F)c2)c(OC)c1. The van der Waals surface area contributed by atoms with Crippen molar-refractivity contribution in [3.63, 3.8) is 0 Å². The molecule has 0 saturated carbocycles. The Bertz CT molecular complexity index is 584. The number of aliphatic hydroxyl groups is 1. The second kappa shape index (κ2) is 6.39. The van der Waals surface area contributed by atoms with E-state index in [0.717, 1.165) is 5.56 Å². The van der Waals surface area contributed by atoms with Gasteiger partial charge in [0.1, 0.15) is 17.3 Å². The van der Waals surface area contributed by atoms with E-state index in [1.54, 1.807) is 37.4 Å². The summed E-state index contributed by atoms with van der Waals surface area (Å²) in [4.78, 5) is 0. The van der Waals surface area contributed by atoms with Crippen LogP contribution >= 0.6 is 0 Å². The summed E-state index contributed by atoms with van der Waals surface area (Å²) in [5.74, 6) is 0.896. The quantitative estimate of drug-likeness (QED) is 0.912. The van der Waals surface area contributed by atoms with Gasteiger partial charge in [-0.2, -0.15) is 0 Å². The first-order valence-corrected chi connectivity index (χ1v) is 6.28. The molecule has 1 N–H and O–H groups in total. The fraction of sp³-hybridized carbons (Fsp3) is 0.250. The molecule has 106 valence electrons. The third-order valence-electron chi connectivity index (χ3n) is 3.12. The van der Waals surface area contributed by atoms with Gasteiger partial charge in [0, 0.05) is 18.1 Å². The summed E-state index contributed by atoms with van der Waals surface area (Å²) in [5.41, 5.74) is 1.38. The van der Waals surface area contributed by atoms with Crippen LogP contribution < -0.4 is 9.47 Å². The highest BCUT2D eigenvalue weighted by Crippen LogP contribution is 2.31. The Balaban J connectivity index is 2.22. The van der Waals surface area contributed by atoms with E-state index in [2.05, 4.69) is 0 Å². The average Bonchev–Trinajstić information content (AvgIpc) is 2.46. The highest BCUT2D eigenvalue weighted by Gasteiger charge is 2.15. The third-order valence-corrected chi connectivity index (χ3v) is 3.12. The van der Waals surface area contributed by atoms with Gasteiger partial charge in [-0.25, -0.2) is 4.39 Å². The summed E-state index contributed by atoms with van der Waals surface area (Å²) in [5, 5.41) is 10.3. The number of methoxy groups -OCH3 is 2. The minimum absolute atomic E-state index is 0.309. The Morgan fingerprint density at radius 2 is 1.90 bits per heavy atom. The molecular formula is C16H17FO3. The third kappa shape index (κ3) is 3.27. The van der Waals surface area contributed by atoms with Crippen molar-refractivity contribution in [2.75, 3.05) is 14.2 Å². The van der Waals surface area contributed by atoms with Gasteiger partial charge < -0.3 is 14.6 Å². The van der Waals surface area contributed by atoms with Crippen LogP contribution in [-0.2, 0) is 6.42 Å². The minimum atomic E-state index is -0.766. The predicted molar refractivity (Wildman–Crippen MR) is 74.6 cm³/mol. The first kappa shape index (κ1) is 14.3. The molecule has 2 aromatic carbocycles. The average molecular weight is 276 g/mol. The largest absolute Gasteiger partial charge is 0.497 e. The summed E-state index contributed by atoms with van der Waals surface area (Å²) >= 11 is 0. The molecule has 1 atom stereocenters. The van der Waals surface area contributed by atoms with Crippen molar-refractivity contribution in [1.29, 1.82) is 0 Å². The number of ether oxygens (including phenoxy) is 2. The van der Waals surface area contributed by atoms with Crippen LogP contribution in [0.4, 0.5) is 4.39 Å². The number of hydrogen-bond acceptors (Lipinski definition) is 3. The van der Waals surface area contributed by atoms with Gasteiger partial charge in [-0.3, -0.25) is 0 Å². The van der Waals surface area contributed by atoms with Crippen LogP contribution in [-0.4, -0.2) is 19.3 Å². The summed E-state index contributed by atoms with van der Waals surface area (Å²) in [6.45, 7) is 0. The van der Waals surface area contributed by atoms with E-state index in [-0.39, 0.29) is 5.82 Å². The van der Waals surface area contributed by atoms with E-state index in [0.29, 0.717) is 23.5 Å². The second-order valence-corrected chi connectivity index (χ2v) is 4.46. The maximum absolute atomic E-state index is 13.1. The fourth-order valence-corrected chi connectivity index (χ4v) is 2.09. The Labute approximate surface area is 117 Å². The van der Waals surface area contributed by atoms with Crippen molar-refractivity contribution >= 4 is 0 Å². The molecule has 1 unspecified atom stereocenters. The number of hydrogen-bond donors (Lipinski definition) is 1. The van der Waals surface area contributed by atoms with Crippen LogP contribution in [0.1, 0.15) is 17.2 Å². The lowest BCUT2D eigenvalue weighted by Crippen LogP contribution is -2.04. The summed E-state index contributed by atoms with van der Waals surface area (Å²) in [6, 6.07) is 11.4. The van der Waals surface area contributed by atoms with E-state index in [1.807, 2.05) is 0 Å². The van der Waals surface area contributed by atoms with Gasteiger partial charge in [0.25, 0.3) is 0 Å². The van der Waals surface area contributed by atoms with Crippen LogP contribution in [0.25, 0.3) is 0 Å². The van der Waals surface area contributed by atoms with Crippen molar-refractivity contribution in [3.05, 3.63) is 59.4 Å². The van der Waals surface area contributed by atoms with E-state index >= 15 is 0 Å². The molecule has 0 amide bonds. The molecule has 0 radical (unpaired) electrons. The predicted octanol–water partition coefficient (Wildman–Crippen LogP) is 3.12. The van der Waals surface area contributed by atoms with E-state index < -0.39 is 6.10 Å². The van der Waals surface area contributed by atoms with Crippen LogP contribution in [0.3, 0.4) is 0 Å². The Morgan fingerprint density at radius 1 is 1.10 bits per heavy atom. The number of benzene rings is 2. The van der Waals surface area contributed by atoms with Crippen molar-refractivity contribution in [2.45, 2.75) is 12.5 Å². The topological polar surface area (TPSA) is 38.7 Å². The van der Waals surface area contributed by atoms with Crippen molar-refractivity contribution < 1.29 is 19.0 Å². The molecule has 3 nitrogen and oxygen atoms in total. The highest BCUT2D eigenvalue weighted by molar-refractivity contribution is 5.42. The molecule has 0 fully saturated rings. The number of halogens is 1. The molecule has 2 aromatic rings. The van der Waals surface area contributed by atoms with Crippen LogP contribution in [0.15, 0.2) is 42.5 Å². The standard InChI is InChI=1S/C16H17FO3/c1-19-13-6-7-14(16(10-13)20-2)15(18)9-11-4-3-5-12(17)8-11/h3-8,10,15,18H,9H2,1-2H3. The van der Waals surface area contributed by atoms with E-state index in [4.69, 9.17) is 9.47 Å². The first-order valence-electron chi connectivity index (χ1n) is 6.28. The molecule has 20 heavy (non-hydrogen) atoms. The fourth-order valence-electron chi connectivity index (χ4n) is 2.09. The molecule has 2 rings (SSSR count). The molecule has 0 heterocycles. The van der Waals surface area contributed by atoms with Gasteiger partial charge >= 0.3 is 0 Å². The van der Waals surface area contributed by atoms with Gasteiger partial charge in [0.05, 0.1) is 20.3 Å². The summed E-state index contributed by atoms with van der Waals surface area (Å²) in [6.07, 6.45) is -0.446. The Kier molecular flexibility index (Phi) is 4.58. The number of rotatable bonds is 5. The Hall–Kier alpha value is -2.07. The second-order valence-electron chi connectivity index (χ2n) is 4.46. The summed E-state index contributed by atoms with van der Waals surface area (Å²) in [7, 11) is 3.10. The number of aliphatic hydroxyl groups excluding tert-OH is 1. The monoisotopic (exact) mass is 276 g/mol. The molecule has 4 heteroatoms. The maximum Gasteiger partial charge on any atom is 0.128 e. The van der Waals surface area contributed by atoms with Gasteiger partial charge in [0.2, 0.25) is 0 Å². The molecule has 0 spiro atoms. The molecule has 0 aromatic heterocycles. The van der Waals surface area contributed by atoms with E-state index in [1.165, 1.54) is 19.2 Å². The lowest BCUT2D eigenvalue weighted by atomic mass is 10.0. The van der Waals surface area contributed by atoms with E-state index in [9.17, 15) is 9.50 Å². The first-order chi connectivity index (χ1) is 9.63. The van der Waals surface area contributed by atoms with Crippen LogP contribution in [0.2, 0.25) is 0 Å². The van der Waals surface area contributed by atoms with Crippen molar-refractivity contribution in [3.8, 4) is 11.5 Å².